The maximum absolute atomic E-state index is 12.0. The van der Waals surface area contributed by atoms with Gasteiger partial charge in [0.1, 0.15) is 19.5 Å². The van der Waals surface area contributed by atoms with Gasteiger partial charge < -0.3 is 20.1 Å². The number of para-hydroxylation sites is 1. The SMILES string of the molecule is C=CCNC(=O)c1ccccc1NC(=O)C1=COCCO1. The number of hydrogen-bond acceptors (Lipinski definition) is 4. The molecule has 0 atom stereocenters. The Morgan fingerprint density at radius 3 is 2.76 bits per heavy atom. The summed E-state index contributed by atoms with van der Waals surface area (Å²) in [6.45, 7) is 4.62. The minimum Gasteiger partial charge on any atom is -0.494 e. The molecule has 0 unspecified atom stereocenters. The van der Waals surface area contributed by atoms with Gasteiger partial charge in [0.05, 0.1) is 11.3 Å². The van der Waals surface area contributed by atoms with Crippen molar-refractivity contribution >= 4 is 17.5 Å². The van der Waals surface area contributed by atoms with Crippen LogP contribution in [0.4, 0.5) is 5.69 Å². The van der Waals surface area contributed by atoms with Crippen molar-refractivity contribution in [1.82, 2.24) is 5.32 Å². The Hall–Kier alpha value is -2.76. The molecule has 1 heterocycles. The third-order valence-corrected chi connectivity index (χ3v) is 2.70. The molecule has 110 valence electrons. The molecule has 1 aliphatic rings. The molecule has 6 nitrogen and oxygen atoms in total. The molecule has 0 aromatic heterocycles. The summed E-state index contributed by atoms with van der Waals surface area (Å²) in [4.78, 5) is 24.0. The van der Waals surface area contributed by atoms with E-state index < -0.39 is 5.91 Å². The van der Waals surface area contributed by atoms with Crippen LogP contribution >= 0.6 is 0 Å². The smallest absolute Gasteiger partial charge is 0.294 e. The van der Waals surface area contributed by atoms with Crippen LogP contribution in [-0.2, 0) is 14.3 Å². The number of benzene rings is 1. The fourth-order valence-corrected chi connectivity index (χ4v) is 1.72. The molecule has 1 aromatic rings. The van der Waals surface area contributed by atoms with E-state index in [1.54, 1.807) is 30.3 Å². The topological polar surface area (TPSA) is 76.7 Å². The van der Waals surface area contributed by atoms with Crippen LogP contribution in [-0.4, -0.2) is 31.6 Å². The van der Waals surface area contributed by atoms with Gasteiger partial charge in [-0.2, -0.15) is 0 Å². The van der Waals surface area contributed by atoms with Crippen LogP contribution in [0.3, 0.4) is 0 Å². The Kier molecular flexibility index (Phi) is 4.98. The molecule has 0 aliphatic carbocycles. The fourth-order valence-electron chi connectivity index (χ4n) is 1.72. The number of anilines is 1. The molecule has 1 aliphatic heterocycles. The molecule has 2 amide bonds. The lowest BCUT2D eigenvalue weighted by Gasteiger charge is -2.16. The number of hydrogen-bond donors (Lipinski definition) is 2. The molecule has 2 N–H and O–H groups in total. The van der Waals surface area contributed by atoms with Crippen LogP contribution in [0, 0.1) is 0 Å². The number of carbonyl (C=O) groups is 2. The number of amides is 2. The molecule has 2 rings (SSSR count). The largest absolute Gasteiger partial charge is 0.494 e. The molecule has 6 heteroatoms. The zero-order valence-electron chi connectivity index (χ0n) is 11.4. The normalized spacial score (nSPS) is 13.2. The summed E-state index contributed by atoms with van der Waals surface area (Å²) in [7, 11) is 0. The van der Waals surface area contributed by atoms with Crippen molar-refractivity contribution in [3.63, 3.8) is 0 Å². The van der Waals surface area contributed by atoms with Gasteiger partial charge in [-0.15, -0.1) is 6.58 Å². The van der Waals surface area contributed by atoms with Crippen LogP contribution in [0.5, 0.6) is 0 Å². The second-order valence-electron chi connectivity index (χ2n) is 4.20. The maximum Gasteiger partial charge on any atom is 0.294 e. The minimum absolute atomic E-state index is 0.0857. The summed E-state index contributed by atoms with van der Waals surface area (Å²) in [5, 5.41) is 5.30. The predicted molar refractivity (Wildman–Crippen MR) is 77.6 cm³/mol. The summed E-state index contributed by atoms with van der Waals surface area (Å²) in [6, 6.07) is 6.72. The highest BCUT2D eigenvalue weighted by molar-refractivity contribution is 6.07. The van der Waals surface area contributed by atoms with Gasteiger partial charge in [0.15, 0.2) is 0 Å². The molecule has 0 radical (unpaired) electrons. The Labute approximate surface area is 122 Å². The molecular weight excluding hydrogens is 272 g/mol. The fraction of sp³-hybridized carbons (Fsp3) is 0.200. The Morgan fingerprint density at radius 1 is 1.24 bits per heavy atom. The lowest BCUT2D eigenvalue weighted by Crippen LogP contribution is -2.26. The van der Waals surface area contributed by atoms with E-state index in [2.05, 4.69) is 17.2 Å². The zero-order chi connectivity index (χ0) is 15.1. The quantitative estimate of drug-likeness (QED) is 0.804. The highest BCUT2D eigenvalue weighted by Gasteiger charge is 2.18. The van der Waals surface area contributed by atoms with Gasteiger partial charge in [-0.3, -0.25) is 9.59 Å². The third kappa shape index (κ3) is 3.85. The molecule has 0 saturated heterocycles. The highest BCUT2D eigenvalue weighted by atomic mass is 16.6. The van der Waals surface area contributed by atoms with E-state index in [0.717, 1.165) is 0 Å². The molecular formula is C15H16N2O4. The Balaban J connectivity index is 2.12. The summed E-state index contributed by atoms with van der Waals surface area (Å²) in [5.74, 6) is -0.665. The van der Waals surface area contributed by atoms with Crippen molar-refractivity contribution in [1.29, 1.82) is 0 Å². The van der Waals surface area contributed by atoms with Crippen molar-refractivity contribution < 1.29 is 19.1 Å². The Morgan fingerprint density at radius 2 is 2.05 bits per heavy atom. The van der Waals surface area contributed by atoms with Gasteiger partial charge in [0.2, 0.25) is 5.76 Å². The third-order valence-electron chi connectivity index (χ3n) is 2.70. The average Bonchev–Trinajstić information content (AvgIpc) is 2.54. The molecule has 0 fully saturated rings. The number of ether oxygens (including phenoxy) is 2. The van der Waals surface area contributed by atoms with E-state index in [1.807, 2.05) is 0 Å². The number of rotatable bonds is 5. The first kappa shape index (κ1) is 14.6. The molecule has 0 spiro atoms. The van der Waals surface area contributed by atoms with Crippen molar-refractivity contribution in [2.45, 2.75) is 0 Å². The number of nitrogens with one attached hydrogen (secondary N) is 2. The lowest BCUT2D eigenvalue weighted by atomic mass is 10.1. The van der Waals surface area contributed by atoms with E-state index in [0.29, 0.717) is 31.0 Å². The second-order valence-corrected chi connectivity index (χ2v) is 4.20. The molecule has 21 heavy (non-hydrogen) atoms. The van der Waals surface area contributed by atoms with Crippen molar-refractivity contribution in [2.75, 3.05) is 25.1 Å². The van der Waals surface area contributed by atoms with E-state index in [-0.39, 0.29) is 11.7 Å². The van der Waals surface area contributed by atoms with Crippen LogP contribution in [0.1, 0.15) is 10.4 Å². The molecule has 0 saturated carbocycles. The summed E-state index contributed by atoms with van der Waals surface area (Å²) < 4.78 is 10.2. The lowest BCUT2D eigenvalue weighted by molar-refractivity contribution is -0.117. The summed E-state index contributed by atoms with van der Waals surface area (Å²) >= 11 is 0. The Bertz CT molecular complexity index is 581. The van der Waals surface area contributed by atoms with Crippen LogP contribution < -0.4 is 10.6 Å². The molecule has 1 aromatic carbocycles. The first-order valence-corrected chi connectivity index (χ1v) is 6.46. The van der Waals surface area contributed by atoms with Crippen LogP contribution in [0.2, 0.25) is 0 Å². The van der Waals surface area contributed by atoms with Gasteiger partial charge in [0, 0.05) is 6.54 Å². The predicted octanol–water partition coefficient (Wildman–Crippen LogP) is 1.43. The van der Waals surface area contributed by atoms with E-state index in [1.165, 1.54) is 6.26 Å². The average molecular weight is 288 g/mol. The summed E-state index contributed by atoms with van der Waals surface area (Å²) in [5.41, 5.74) is 0.768. The minimum atomic E-state index is -0.460. The first-order chi connectivity index (χ1) is 10.2. The summed E-state index contributed by atoms with van der Waals surface area (Å²) in [6.07, 6.45) is 2.84. The van der Waals surface area contributed by atoms with Gasteiger partial charge in [0.25, 0.3) is 11.8 Å². The van der Waals surface area contributed by atoms with E-state index in [4.69, 9.17) is 9.47 Å². The van der Waals surface area contributed by atoms with Crippen molar-refractivity contribution in [3.8, 4) is 0 Å². The molecule has 0 bridgehead atoms. The monoisotopic (exact) mass is 288 g/mol. The van der Waals surface area contributed by atoms with Gasteiger partial charge in [-0.25, -0.2) is 0 Å². The highest BCUT2D eigenvalue weighted by Crippen LogP contribution is 2.17. The zero-order valence-corrected chi connectivity index (χ0v) is 11.4. The van der Waals surface area contributed by atoms with Gasteiger partial charge >= 0.3 is 0 Å². The second kappa shape index (κ2) is 7.14. The number of carbonyl (C=O) groups excluding carboxylic acids is 2. The van der Waals surface area contributed by atoms with Gasteiger partial charge in [-0.1, -0.05) is 18.2 Å². The van der Waals surface area contributed by atoms with E-state index in [9.17, 15) is 9.59 Å². The van der Waals surface area contributed by atoms with Crippen LogP contribution in [0.25, 0.3) is 0 Å². The maximum atomic E-state index is 12.0. The first-order valence-electron chi connectivity index (χ1n) is 6.46. The van der Waals surface area contributed by atoms with E-state index >= 15 is 0 Å². The standard InChI is InChI=1S/C15H16N2O4/c1-2-7-16-14(18)11-5-3-4-6-12(11)17-15(19)13-10-20-8-9-21-13/h2-6,10H,1,7-9H2,(H,16,18)(H,17,19). The van der Waals surface area contributed by atoms with Crippen molar-refractivity contribution in [3.05, 3.63) is 54.5 Å². The van der Waals surface area contributed by atoms with Crippen molar-refractivity contribution in [2.24, 2.45) is 0 Å². The van der Waals surface area contributed by atoms with Gasteiger partial charge in [-0.05, 0) is 12.1 Å². The van der Waals surface area contributed by atoms with Crippen LogP contribution in [0.15, 0.2) is 48.9 Å².